The van der Waals surface area contributed by atoms with Crippen LogP contribution in [0.4, 0.5) is 0 Å². The van der Waals surface area contributed by atoms with Crippen LogP contribution in [0.1, 0.15) is 51.0 Å². The molecule has 0 aliphatic carbocycles. The number of amides is 1. The lowest BCUT2D eigenvalue weighted by Gasteiger charge is -2.32. The number of rotatable bonds is 8. The average Bonchev–Trinajstić information content (AvgIpc) is 2.77. The van der Waals surface area contributed by atoms with E-state index in [1.165, 1.54) is 5.56 Å². The van der Waals surface area contributed by atoms with E-state index in [9.17, 15) is 4.79 Å². The predicted octanol–water partition coefficient (Wildman–Crippen LogP) is 2.10. The second-order valence-corrected chi connectivity index (χ2v) is 8.14. The molecule has 0 bridgehead atoms. The van der Waals surface area contributed by atoms with Crippen LogP contribution in [0, 0.1) is 0 Å². The number of carbonyl (C=O) groups is 1. The maximum absolute atomic E-state index is 11.9. The van der Waals surface area contributed by atoms with E-state index in [0.717, 1.165) is 76.7 Å². The molecule has 0 radical (unpaired) electrons. The first-order valence-electron chi connectivity index (χ1n) is 11.4. The lowest BCUT2D eigenvalue weighted by Crippen LogP contribution is -2.50. The van der Waals surface area contributed by atoms with Crippen molar-refractivity contribution >= 4 is 11.9 Å². The Morgan fingerprint density at radius 1 is 1.17 bits per heavy atom. The minimum Gasteiger partial charge on any atom is -0.493 e. The number of guanidine groups is 1. The topological polar surface area (TPSA) is 78.0 Å². The summed E-state index contributed by atoms with van der Waals surface area (Å²) in [4.78, 5) is 19.1. The maximum atomic E-state index is 11.9. The van der Waals surface area contributed by atoms with Crippen molar-refractivity contribution in [3.05, 3.63) is 29.8 Å². The Bertz CT molecular complexity index is 701. The number of hydrogen-bond donors (Lipinski definition) is 3. The van der Waals surface area contributed by atoms with Crippen molar-refractivity contribution < 1.29 is 9.53 Å². The summed E-state index contributed by atoms with van der Waals surface area (Å²) in [7, 11) is 0. The zero-order valence-corrected chi connectivity index (χ0v) is 18.5. The van der Waals surface area contributed by atoms with Gasteiger partial charge in [0.25, 0.3) is 0 Å². The molecule has 7 nitrogen and oxygen atoms in total. The van der Waals surface area contributed by atoms with Gasteiger partial charge in [-0.25, -0.2) is 0 Å². The Balaban J connectivity index is 1.49. The van der Waals surface area contributed by atoms with Gasteiger partial charge < -0.3 is 20.7 Å². The number of carbonyl (C=O) groups excluding carboxylic acids is 1. The highest BCUT2D eigenvalue weighted by atomic mass is 16.5. The van der Waals surface area contributed by atoms with Gasteiger partial charge in [-0.1, -0.05) is 25.1 Å². The second kappa shape index (κ2) is 11.8. The molecule has 166 valence electrons. The van der Waals surface area contributed by atoms with E-state index in [1.54, 1.807) is 0 Å². The molecular weight excluding hydrogens is 378 g/mol. The number of nitrogens with one attached hydrogen (secondary N) is 3. The highest BCUT2D eigenvalue weighted by molar-refractivity contribution is 5.80. The number of piperidine rings is 1. The van der Waals surface area contributed by atoms with Gasteiger partial charge in [0.05, 0.1) is 13.2 Å². The molecule has 0 aromatic heterocycles. The van der Waals surface area contributed by atoms with Crippen LogP contribution < -0.4 is 20.7 Å². The first-order chi connectivity index (χ1) is 14.7. The van der Waals surface area contributed by atoms with Crippen molar-refractivity contribution in [1.29, 1.82) is 0 Å². The fourth-order valence-electron chi connectivity index (χ4n) is 4.08. The molecule has 1 fully saturated rings. The molecule has 30 heavy (non-hydrogen) atoms. The summed E-state index contributed by atoms with van der Waals surface area (Å²) in [5.41, 5.74) is 1.26. The smallest absolute Gasteiger partial charge is 0.234 e. The van der Waals surface area contributed by atoms with Crippen LogP contribution in [0.15, 0.2) is 29.3 Å². The number of hydrogen-bond acceptors (Lipinski definition) is 4. The summed E-state index contributed by atoms with van der Waals surface area (Å²) in [6.07, 6.45) is 4.01. The number of aliphatic imine (C=N–C) groups is 1. The van der Waals surface area contributed by atoms with Crippen LogP contribution in [0.2, 0.25) is 0 Å². The first kappa shape index (κ1) is 22.4. The first-order valence-corrected chi connectivity index (χ1v) is 11.4. The fourth-order valence-corrected chi connectivity index (χ4v) is 4.08. The lowest BCUT2D eigenvalue weighted by molar-refractivity contribution is -0.122. The molecular formula is C23H37N5O2. The zero-order valence-electron chi connectivity index (χ0n) is 18.5. The van der Waals surface area contributed by atoms with E-state index in [2.05, 4.69) is 46.8 Å². The maximum Gasteiger partial charge on any atom is 0.234 e. The van der Waals surface area contributed by atoms with Crippen LogP contribution in [0.25, 0.3) is 0 Å². The number of nitrogens with zero attached hydrogens (tertiary/aromatic N) is 2. The van der Waals surface area contributed by atoms with Gasteiger partial charge in [-0.3, -0.25) is 14.7 Å². The largest absolute Gasteiger partial charge is 0.493 e. The highest BCUT2D eigenvalue weighted by Crippen LogP contribution is 2.33. The van der Waals surface area contributed by atoms with Gasteiger partial charge in [-0.15, -0.1) is 0 Å². The van der Waals surface area contributed by atoms with Gasteiger partial charge >= 0.3 is 0 Å². The van der Waals surface area contributed by atoms with Gasteiger partial charge in [0.2, 0.25) is 5.91 Å². The monoisotopic (exact) mass is 415 g/mol. The molecule has 1 aromatic rings. The molecule has 2 aliphatic rings. The van der Waals surface area contributed by atoms with Crippen molar-refractivity contribution in [3.63, 3.8) is 0 Å². The number of likely N-dealkylation sites (tertiary alicyclic amines) is 1. The summed E-state index contributed by atoms with van der Waals surface area (Å²) in [6.45, 7) is 9.65. The van der Waals surface area contributed by atoms with Crippen molar-refractivity contribution in [2.45, 2.75) is 51.5 Å². The molecule has 1 unspecified atom stereocenters. The van der Waals surface area contributed by atoms with Crippen molar-refractivity contribution in [2.24, 2.45) is 4.99 Å². The third-order valence-corrected chi connectivity index (χ3v) is 5.76. The molecule has 1 amide bonds. The minimum absolute atomic E-state index is 0.134. The number of para-hydroxylation sites is 1. The minimum atomic E-state index is 0.134. The molecule has 1 aromatic carbocycles. The van der Waals surface area contributed by atoms with Crippen molar-refractivity contribution in [2.75, 3.05) is 45.9 Å². The summed E-state index contributed by atoms with van der Waals surface area (Å²) in [5, 5.41) is 9.96. The summed E-state index contributed by atoms with van der Waals surface area (Å²) in [6, 6.07) is 8.69. The molecule has 0 saturated carbocycles. The van der Waals surface area contributed by atoms with Crippen molar-refractivity contribution in [1.82, 2.24) is 20.9 Å². The number of benzene rings is 1. The molecule has 1 atom stereocenters. The SMILES string of the molecule is CCCNC(=O)CN1CCC(NC(=NCC2CCOc3ccccc32)NCC)CC1. The number of fused-ring (bicyclic) bond motifs is 1. The highest BCUT2D eigenvalue weighted by Gasteiger charge is 2.23. The molecule has 2 aliphatic heterocycles. The van der Waals surface area contributed by atoms with Gasteiger partial charge in [0, 0.05) is 44.7 Å². The van der Waals surface area contributed by atoms with Crippen LogP contribution in [0.5, 0.6) is 5.75 Å². The van der Waals surface area contributed by atoms with E-state index in [-0.39, 0.29) is 5.91 Å². The Kier molecular flexibility index (Phi) is 8.81. The molecule has 7 heteroatoms. The Hall–Kier alpha value is -2.28. The molecule has 2 heterocycles. The molecule has 0 spiro atoms. The molecule has 3 N–H and O–H groups in total. The predicted molar refractivity (Wildman–Crippen MR) is 121 cm³/mol. The van der Waals surface area contributed by atoms with E-state index in [0.29, 0.717) is 18.5 Å². The summed E-state index contributed by atoms with van der Waals surface area (Å²) >= 11 is 0. The third-order valence-electron chi connectivity index (χ3n) is 5.76. The van der Waals surface area contributed by atoms with E-state index in [4.69, 9.17) is 9.73 Å². The van der Waals surface area contributed by atoms with Crippen LogP contribution in [-0.2, 0) is 4.79 Å². The van der Waals surface area contributed by atoms with Gasteiger partial charge in [-0.2, -0.15) is 0 Å². The van der Waals surface area contributed by atoms with Crippen LogP contribution in [-0.4, -0.2) is 68.7 Å². The Morgan fingerprint density at radius 2 is 1.97 bits per heavy atom. The standard InChI is InChI=1S/C23H37N5O2/c1-3-12-25-22(29)17-28-13-9-19(10-14-28)27-23(24-4-2)26-16-18-11-15-30-21-8-6-5-7-20(18)21/h5-8,18-19H,3-4,9-17H2,1-2H3,(H,25,29)(H2,24,26,27). The van der Waals surface area contributed by atoms with E-state index < -0.39 is 0 Å². The van der Waals surface area contributed by atoms with Crippen LogP contribution >= 0.6 is 0 Å². The second-order valence-electron chi connectivity index (χ2n) is 8.14. The molecule has 3 rings (SSSR count). The Labute approximate surface area is 180 Å². The van der Waals surface area contributed by atoms with Gasteiger partial charge in [0.15, 0.2) is 5.96 Å². The molecule has 1 saturated heterocycles. The van der Waals surface area contributed by atoms with Crippen LogP contribution in [0.3, 0.4) is 0 Å². The number of ether oxygens (including phenoxy) is 1. The normalized spacial score (nSPS) is 20.2. The average molecular weight is 416 g/mol. The third kappa shape index (κ3) is 6.62. The van der Waals surface area contributed by atoms with E-state index in [1.807, 2.05) is 12.1 Å². The Morgan fingerprint density at radius 3 is 2.73 bits per heavy atom. The lowest BCUT2D eigenvalue weighted by atomic mass is 9.93. The quantitative estimate of drug-likeness (QED) is 0.448. The van der Waals surface area contributed by atoms with Crippen molar-refractivity contribution in [3.8, 4) is 5.75 Å². The fraction of sp³-hybridized carbons (Fsp3) is 0.652. The summed E-state index contributed by atoms with van der Waals surface area (Å²) in [5.74, 6) is 2.42. The van der Waals surface area contributed by atoms with Gasteiger partial charge in [0.1, 0.15) is 5.75 Å². The zero-order chi connectivity index (χ0) is 21.2. The van der Waals surface area contributed by atoms with Gasteiger partial charge in [-0.05, 0) is 44.2 Å². The van der Waals surface area contributed by atoms with E-state index >= 15 is 0 Å². The summed E-state index contributed by atoms with van der Waals surface area (Å²) < 4.78 is 5.78.